The summed E-state index contributed by atoms with van der Waals surface area (Å²) in [5.41, 5.74) is 1.32. The number of aromatic hydroxyl groups is 1. The number of hydrogen-bond donors (Lipinski definition) is 1. The Hall–Kier alpha value is -1.01. The van der Waals surface area contributed by atoms with Crippen LogP contribution in [-0.2, 0) is 5.41 Å². The number of benzene rings is 1. The van der Waals surface area contributed by atoms with Gasteiger partial charge in [0.25, 0.3) is 0 Å². The Kier molecular flexibility index (Phi) is 2.86. The molecule has 0 aromatic heterocycles. The van der Waals surface area contributed by atoms with Gasteiger partial charge in [-0.05, 0) is 53.9 Å². The van der Waals surface area contributed by atoms with Crippen LogP contribution in [-0.4, -0.2) is 5.11 Å². The number of phenolic OH excluding ortho intramolecular Hbond substituents is 1. The lowest BCUT2D eigenvalue weighted by atomic mass is 9.83. The first kappa shape index (κ1) is 11.1. The van der Waals surface area contributed by atoms with E-state index in [2.05, 4.69) is 22.0 Å². The number of nitriles is 1. The summed E-state index contributed by atoms with van der Waals surface area (Å²) in [4.78, 5) is 0. The largest absolute Gasteiger partial charge is 0.507 e. The topological polar surface area (TPSA) is 44.0 Å². The van der Waals surface area contributed by atoms with Crippen molar-refractivity contribution in [3.63, 3.8) is 0 Å². The van der Waals surface area contributed by atoms with Crippen molar-refractivity contribution < 1.29 is 5.11 Å². The van der Waals surface area contributed by atoms with Crippen LogP contribution in [0.15, 0.2) is 16.6 Å². The van der Waals surface area contributed by atoms with Gasteiger partial charge in [0.1, 0.15) is 5.75 Å². The van der Waals surface area contributed by atoms with E-state index in [-0.39, 0.29) is 5.75 Å². The van der Waals surface area contributed by atoms with E-state index in [0.29, 0.717) is 4.47 Å². The zero-order chi connectivity index (χ0) is 10.9. The van der Waals surface area contributed by atoms with Crippen molar-refractivity contribution in [3.05, 3.63) is 27.7 Å². The average molecular weight is 254 g/mol. The van der Waals surface area contributed by atoms with E-state index < -0.39 is 5.41 Å². The van der Waals surface area contributed by atoms with Crippen molar-refractivity contribution in [2.45, 2.75) is 26.2 Å². The number of hydrogen-bond acceptors (Lipinski definition) is 2. The lowest BCUT2D eigenvalue weighted by molar-refractivity contribution is 0.470. The molecule has 0 saturated heterocycles. The van der Waals surface area contributed by atoms with Crippen LogP contribution in [0.25, 0.3) is 0 Å². The summed E-state index contributed by atoms with van der Waals surface area (Å²) in [5.74, 6) is 0.208. The fourth-order valence-electron chi connectivity index (χ4n) is 1.41. The Morgan fingerprint density at radius 2 is 2.00 bits per heavy atom. The fraction of sp³-hybridized carbons (Fsp3) is 0.364. The summed E-state index contributed by atoms with van der Waals surface area (Å²) in [5, 5.41) is 18.4. The zero-order valence-corrected chi connectivity index (χ0v) is 10.0. The van der Waals surface area contributed by atoms with Crippen molar-refractivity contribution >= 4 is 15.9 Å². The van der Waals surface area contributed by atoms with Crippen LogP contribution in [0.2, 0.25) is 0 Å². The standard InChI is InChI=1S/C11H12BrNO/c1-7-8(11(2,3)6-13)4-5-9(14)10(7)12/h4-5,14H,1-3H3. The van der Waals surface area contributed by atoms with E-state index in [1.807, 2.05) is 20.8 Å². The molecule has 0 radical (unpaired) electrons. The highest BCUT2D eigenvalue weighted by molar-refractivity contribution is 9.10. The quantitative estimate of drug-likeness (QED) is 0.835. The molecule has 1 rings (SSSR count). The molecule has 0 fully saturated rings. The molecule has 1 aromatic rings. The summed E-state index contributed by atoms with van der Waals surface area (Å²) in [6, 6.07) is 5.64. The Balaban J connectivity index is 3.41. The normalized spacial score (nSPS) is 11.1. The van der Waals surface area contributed by atoms with Gasteiger partial charge < -0.3 is 5.11 Å². The molecule has 2 nitrogen and oxygen atoms in total. The molecule has 0 spiro atoms. The van der Waals surface area contributed by atoms with Gasteiger partial charge >= 0.3 is 0 Å². The average Bonchev–Trinajstić information content (AvgIpc) is 2.14. The van der Waals surface area contributed by atoms with Gasteiger partial charge in [0.2, 0.25) is 0 Å². The number of phenols is 1. The SMILES string of the molecule is Cc1c(C(C)(C)C#N)ccc(O)c1Br. The summed E-state index contributed by atoms with van der Waals surface area (Å²) in [7, 11) is 0. The Bertz CT molecular complexity index is 404. The zero-order valence-electron chi connectivity index (χ0n) is 8.43. The van der Waals surface area contributed by atoms with Crippen LogP contribution in [0, 0.1) is 18.3 Å². The molecule has 3 heteroatoms. The number of rotatable bonds is 1. The van der Waals surface area contributed by atoms with Crippen molar-refractivity contribution in [2.24, 2.45) is 0 Å². The summed E-state index contributed by atoms with van der Waals surface area (Å²) in [6.07, 6.45) is 0. The molecule has 74 valence electrons. The molecule has 1 aromatic carbocycles. The Morgan fingerprint density at radius 1 is 1.43 bits per heavy atom. The molecule has 0 atom stereocenters. The van der Waals surface area contributed by atoms with Gasteiger partial charge in [-0.3, -0.25) is 0 Å². The maximum absolute atomic E-state index is 9.43. The van der Waals surface area contributed by atoms with Crippen LogP contribution in [0.1, 0.15) is 25.0 Å². The monoisotopic (exact) mass is 253 g/mol. The number of nitrogens with zero attached hydrogens (tertiary/aromatic N) is 1. The predicted molar refractivity (Wildman–Crippen MR) is 59.2 cm³/mol. The lowest BCUT2D eigenvalue weighted by Gasteiger charge is -2.19. The summed E-state index contributed by atoms with van der Waals surface area (Å²) >= 11 is 3.29. The van der Waals surface area contributed by atoms with Crippen LogP contribution in [0.5, 0.6) is 5.75 Å². The Morgan fingerprint density at radius 3 is 2.50 bits per heavy atom. The van der Waals surface area contributed by atoms with E-state index >= 15 is 0 Å². The third kappa shape index (κ3) is 1.76. The molecule has 0 saturated carbocycles. The van der Waals surface area contributed by atoms with E-state index in [4.69, 9.17) is 5.26 Å². The molecule has 0 bridgehead atoms. The molecule has 14 heavy (non-hydrogen) atoms. The van der Waals surface area contributed by atoms with E-state index in [0.717, 1.165) is 11.1 Å². The second-order valence-corrected chi connectivity index (χ2v) is 4.60. The highest BCUT2D eigenvalue weighted by Crippen LogP contribution is 2.35. The van der Waals surface area contributed by atoms with Crippen molar-refractivity contribution in [1.29, 1.82) is 5.26 Å². The lowest BCUT2D eigenvalue weighted by Crippen LogP contribution is -2.15. The van der Waals surface area contributed by atoms with Gasteiger partial charge in [0.05, 0.1) is 16.0 Å². The van der Waals surface area contributed by atoms with Crippen molar-refractivity contribution in [3.8, 4) is 11.8 Å². The van der Waals surface area contributed by atoms with E-state index in [1.54, 1.807) is 12.1 Å². The van der Waals surface area contributed by atoms with Crippen LogP contribution < -0.4 is 0 Å². The smallest absolute Gasteiger partial charge is 0.130 e. The molecule has 0 unspecified atom stereocenters. The predicted octanol–water partition coefficient (Wildman–Crippen LogP) is 3.26. The molecular weight excluding hydrogens is 242 g/mol. The first-order valence-corrected chi connectivity index (χ1v) is 5.09. The van der Waals surface area contributed by atoms with E-state index in [1.165, 1.54) is 0 Å². The minimum absolute atomic E-state index is 0.208. The summed E-state index contributed by atoms with van der Waals surface area (Å²) in [6.45, 7) is 5.61. The molecule has 0 heterocycles. The van der Waals surface area contributed by atoms with E-state index in [9.17, 15) is 5.11 Å². The minimum Gasteiger partial charge on any atom is -0.507 e. The molecule has 0 aliphatic heterocycles. The third-order valence-electron chi connectivity index (χ3n) is 2.32. The van der Waals surface area contributed by atoms with Gasteiger partial charge in [-0.15, -0.1) is 0 Å². The maximum Gasteiger partial charge on any atom is 0.130 e. The highest BCUT2D eigenvalue weighted by atomic mass is 79.9. The van der Waals surface area contributed by atoms with Gasteiger partial charge in [0, 0.05) is 0 Å². The van der Waals surface area contributed by atoms with Gasteiger partial charge in [-0.2, -0.15) is 5.26 Å². The summed E-state index contributed by atoms with van der Waals surface area (Å²) < 4.78 is 0.665. The first-order chi connectivity index (χ1) is 6.40. The second kappa shape index (κ2) is 3.62. The fourth-order valence-corrected chi connectivity index (χ4v) is 1.75. The molecule has 0 aliphatic rings. The minimum atomic E-state index is -0.527. The van der Waals surface area contributed by atoms with Crippen LogP contribution >= 0.6 is 15.9 Å². The highest BCUT2D eigenvalue weighted by Gasteiger charge is 2.23. The number of halogens is 1. The Labute approximate surface area is 92.3 Å². The van der Waals surface area contributed by atoms with Crippen LogP contribution in [0.3, 0.4) is 0 Å². The van der Waals surface area contributed by atoms with Crippen molar-refractivity contribution in [2.75, 3.05) is 0 Å². The first-order valence-electron chi connectivity index (χ1n) is 4.30. The second-order valence-electron chi connectivity index (χ2n) is 3.81. The van der Waals surface area contributed by atoms with Crippen molar-refractivity contribution in [1.82, 2.24) is 0 Å². The van der Waals surface area contributed by atoms with Crippen LogP contribution in [0.4, 0.5) is 0 Å². The third-order valence-corrected chi connectivity index (χ3v) is 3.32. The molecule has 1 N–H and O–H groups in total. The van der Waals surface area contributed by atoms with Gasteiger partial charge in [0.15, 0.2) is 0 Å². The van der Waals surface area contributed by atoms with Gasteiger partial charge in [-0.25, -0.2) is 0 Å². The maximum atomic E-state index is 9.43. The molecular formula is C11H12BrNO. The van der Waals surface area contributed by atoms with Gasteiger partial charge in [-0.1, -0.05) is 6.07 Å². The molecule has 0 aliphatic carbocycles. The molecule has 0 amide bonds.